The van der Waals surface area contributed by atoms with Crippen LogP contribution < -0.4 is 9.64 Å². The third-order valence-electron chi connectivity index (χ3n) is 3.47. The molecule has 6 heteroatoms. The van der Waals surface area contributed by atoms with Crippen LogP contribution in [-0.2, 0) is 11.3 Å². The zero-order chi connectivity index (χ0) is 15.5. The lowest BCUT2D eigenvalue weighted by atomic mass is 10.1. The number of halogens is 2. The Kier molecular flexibility index (Phi) is 4.45. The Labute approximate surface area is 133 Å². The van der Waals surface area contributed by atoms with Gasteiger partial charge in [-0.05, 0) is 30.3 Å². The highest BCUT2D eigenvalue weighted by Crippen LogP contribution is 2.27. The lowest BCUT2D eigenvalue weighted by molar-refractivity contribution is 0.163. The van der Waals surface area contributed by atoms with Gasteiger partial charge in [-0.1, -0.05) is 11.6 Å². The first kappa shape index (κ1) is 15.1. The molecule has 0 atom stereocenters. The van der Waals surface area contributed by atoms with Crippen LogP contribution in [0.1, 0.15) is 5.56 Å². The van der Waals surface area contributed by atoms with Crippen molar-refractivity contribution in [3.63, 3.8) is 0 Å². The number of nitrogens with zero attached hydrogens (tertiary/aromatic N) is 2. The molecule has 1 aromatic heterocycles. The molecule has 116 valence electrons. The third kappa shape index (κ3) is 3.31. The molecule has 1 fully saturated rings. The molecule has 2 heterocycles. The summed E-state index contributed by atoms with van der Waals surface area (Å²) in [6.07, 6.45) is 1.70. The van der Waals surface area contributed by atoms with Gasteiger partial charge in [0, 0.05) is 18.9 Å². The van der Waals surface area contributed by atoms with Crippen molar-refractivity contribution in [2.24, 2.45) is 0 Å². The lowest BCUT2D eigenvalue weighted by Gasteiger charge is -2.40. The molecule has 1 saturated heterocycles. The third-order valence-corrected chi connectivity index (χ3v) is 3.68. The Hall–Kier alpha value is -1.85. The quantitative estimate of drug-likeness (QED) is 0.846. The average molecular weight is 323 g/mol. The molecule has 0 saturated carbocycles. The zero-order valence-corrected chi connectivity index (χ0v) is 12.9. The maximum Gasteiger partial charge on any atom is 0.134 e. The number of hydrogen-bond donors (Lipinski definition) is 0. The molecule has 1 aromatic carbocycles. The maximum atomic E-state index is 12.9. The summed E-state index contributed by atoms with van der Waals surface area (Å²) in [5.74, 6) is 1.27. The van der Waals surface area contributed by atoms with Gasteiger partial charge in [-0.15, -0.1) is 0 Å². The molecule has 0 spiro atoms. The standard InChI is InChI=1S/C16H16ClFN2O2/c1-21-10-11-6-12(17)7-19-16(11)20-8-15(9-20)22-14-4-2-13(18)3-5-14/h2-7,15H,8-10H2,1H3. The van der Waals surface area contributed by atoms with E-state index in [0.29, 0.717) is 17.4 Å². The largest absolute Gasteiger partial charge is 0.487 e. The number of aromatic nitrogens is 1. The van der Waals surface area contributed by atoms with Gasteiger partial charge in [0.25, 0.3) is 0 Å². The van der Waals surface area contributed by atoms with Crippen molar-refractivity contribution < 1.29 is 13.9 Å². The summed E-state index contributed by atoms with van der Waals surface area (Å²) in [5.41, 5.74) is 0.954. The van der Waals surface area contributed by atoms with Gasteiger partial charge in [0.1, 0.15) is 23.5 Å². The number of benzene rings is 1. The van der Waals surface area contributed by atoms with E-state index in [4.69, 9.17) is 21.1 Å². The van der Waals surface area contributed by atoms with Crippen molar-refractivity contribution in [2.75, 3.05) is 25.1 Å². The summed E-state index contributed by atoms with van der Waals surface area (Å²) in [6, 6.07) is 7.91. The van der Waals surface area contributed by atoms with Crippen LogP contribution in [0.2, 0.25) is 5.02 Å². The molecule has 0 N–H and O–H groups in total. The van der Waals surface area contributed by atoms with E-state index in [1.54, 1.807) is 25.4 Å². The van der Waals surface area contributed by atoms with Gasteiger partial charge in [0.05, 0.1) is 24.7 Å². The summed E-state index contributed by atoms with van der Waals surface area (Å²) < 4.78 is 23.8. The normalized spacial score (nSPS) is 14.8. The predicted octanol–water partition coefficient (Wildman–Crippen LogP) is 3.29. The van der Waals surface area contributed by atoms with E-state index in [2.05, 4.69) is 9.88 Å². The summed E-state index contributed by atoms with van der Waals surface area (Å²) in [7, 11) is 1.64. The van der Waals surface area contributed by atoms with Crippen LogP contribution in [0, 0.1) is 5.82 Å². The molecular formula is C16H16ClFN2O2. The lowest BCUT2D eigenvalue weighted by Crippen LogP contribution is -2.54. The molecule has 4 nitrogen and oxygen atoms in total. The van der Waals surface area contributed by atoms with Crippen molar-refractivity contribution in [2.45, 2.75) is 12.7 Å². The predicted molar refractivity (Wildman–Crippen MR) is 83.0 cm³/mol. The van der Waals surface area contributed by atoms with Crippen LogP contribution in [0.4, 0.5) is 10.2 Å². The highest BCUT2D eigenvalue weighted by molar-refractivity contribution is 6.30. The van der Waals surface area contributed by atoms with E-state index >= 15 is 0 Å². The van der Waals surface area contributed by atoms with Crippen LogP contribution in [0.15, 0.2) is 36.5 Å². The highest BCUT2D eigenvalue weighted by Gasteiger charge is 2.31. The fourth-order valence-electron chi connectivity index (χ4n) is 2.41. The van der Waals surface area contributed by atoms with Gasteiger partial charge in [-0.2, -0.15) is 0 Å². The molecule has 0 amide bonds. The fourth-order valence-corrected chi connectivity index (χ4v) is 2.59. The SMILES string of the molecule is COCc1cc(Cl)cnc1N1CC(Oc2ccc(F)cc2)C1. The molecule has 0 radical (unpaired) electrons. The molecular weight excluding hydrogens is 307 g/mol. The molecule has 0 aliphatic carbocycles. The molecule has 22 heavy (non-hydrogen) atoms. The minimum atomic E-state index is -0.267. The second kappa shape index (κ2) is 6.50. The van der Waals surface area contributed by atoms with Crippen LogP contribution in [0.5, 0.6) is 5.75 Å². The molecule has 1 aliphatic heterocycles. The Bertz CT molecular complexity index is 645. The smallest absolute Gasteiger partial charge is 0.134 e. The molecule has 1 aliphatic rings. The number of methoxy groups -OCH3 is 1. The van der Waals surface area contributed by atoms with Gasteiger partial charge in [0.2, 0.25) is 0 Å². The zero-order valence-electron chi connectivity index (χ0n) is 12.1. The number of hydrogen-bond acceptors (Lipinski definition) is 4. The molecule has 3 rings (SSSR count). The monoisotopic (exact) mass is 322 g/mol. The first-order valence-electron chi connectivity index (χ1n) is 6.96. The van der Waals surface area contributed by atoms with Crippen LogP contribution >= 0.6 is 11.6 Å². The van der Waals surface area contributed by atoms with Gasteiger partial charge >= 0.3 is 0 Å². The van der Waals surface area contributed by atoms with Crippen molar-refractivity contribution in [1.82, 2.24) is 4.98 Å². The van der Waals surface area contributed by atoms with E-state index in [-0.39, 0.29) is 11.9 Å². The fraction of sp³-hybridized carbons (Fsp3) is 0.312. The Morgan fingerprint density at radius 1 is 1.32 bits per heavy atom. The first-order chi connectivity index (χ1) is 10.7. The Balaban J connectivity index is 1.62. The maximum absolute atomic E-state index is 12.9. The van der Waals surface area contributed by atoms with Crippen LogP contribution in [-0.4, -0.2) is 31.3 Å². The van der Waals surface area contributed by atoms with Gasteiger partial charge in [0.15, 0.2) is 0 Å². The second-order valence-corrected chi connectivity index (χ2v) is 5.60. The van der Waals surface area contributed by atoms with E-state index in [0.717, 1.165) is 24.5 Å². The van der Waals surface area contributed by atoms with E-state index < -0.39 is 0 Å². The minimum Gasteiger partial charge on any atom is -0.487 e. The van der Waals surface area contributed by atoms with Crippen molar-refractivity contribution in [3.05, 3.63) is 52.9 Å². The second-order valence-electron chi connectivity index (χ2n) is 5.17. The van der Waals surface area contributed by atoms with Gasteiger partial charge in [-0.3, -0.25) is 0 Å². The molecule has 0 unspecified atom stereocenters. The van der Waals surface area contributed by atoms with Gasteiger partial charge < -0.3 is 14.4 Å². The van der Waals surface area contributed by atoms with Crippen LogP contribution in [0.25, 0.3) is 0 Å². The number of rotatable bonds is 5. The molecule has 2 aromatic rings. The number of anilines is 1. The van der Waals surface area contributed by atoms with E-state index in [9.17, 15) is 4.39 Å². The number of pyridine rings is 1. The summed E-state index contributed by atoms with van der Waals surface area (Å²) in [6.45, 7) is 1.91. The first-order valence-corrected chi connectivity index (χ1v) is 7.34. The van der Waals surface area contributed by atoms with E-state index in [1.807, 2.05) is 6.07 Å². The number of ether oxygens (including phenoxy) is 2. The van der Waals surface area contributed by atoms with Crippen molar-refractivity contribution in [1.29, 1.82) is 0 Å². The van der Waals surface area contributed by atoms with Gasteiger partial charge in [-0.25, -0.2) is 9.37 Å². The summed E-state index contributed by atoms with van der Waals surface area (Å²) >= 11 is 5.98. The highest BCUT2D eigenvalue weighted by atomic mass is 35.5. The summed E-state index contributed by atoms with van der Waals surface area (Å²) in [5, 5.41) is 0.593. The molecule has 0 bridgehead atoms. The topological polar surface area (TPSA) is 34.6 Å². The van der Waals surface area contributed by atoms with E-state index in [1.165, 1.54) is 12.1 Å². The van der Waals surface area contributed by atoms with Crippen molar-refractivity contribution >= 4 is 17.4 Å². The van der Waals surface area contributed by atoms with Crippen molar-refractivity contribution in [3.8, 4) is 5.75 Å². The summed E-state index contributed by atoms with van der Waals surface area (Å²) in [4.78, 5) is 6.49. The van der Waals surface area contributed by atoms with Crippen LogP contribution in [0.3, 0.4) is 0 Å². The average Bonchev–Trinajstić information content (AvgIpc) is 2.46. The minimum absolute atomic E-state index is 0.0679. The Morgan fingerprint density at radius 3 is 2.73 bits per heavy atom. The Morgan fingerprint density at radius 2 is 2.05 bits per heavy atom.